The number of morpholine rings is 1. The predicted molar refractivity (Wildman–Crippen MR) is 121 cm³/mol. The van der Waals surface area contributed by atoms with Gasteiger partial charge in [-0.2, -0.15) is 5.10 Å². The van der Waals surface area contributed by atoms with Crippen LogP contribution in [0.5, 0.6) is 5.75 Å². The van der Waals surface area contributed by atoms with Gasteiger partial charge in [-0.1, -0.05) is 18.2 Å². The lowest BCUT2D eigenvalue weighted by molar-refractivity contribution is -0.921. The van der Waals surface area contributed by atoms with Gasteiger partial charge in [-0.3, -0.25) is 5.43 Å². The highest BCUT2D eigenvalue weighted by atomic mass is 32.1. The van der Waals surface area contributed by atoms with Crippen molar-refractivity contribution in [3.63, 3.8) is 0 Å². The Bertz CT molecular complexity index is 879. The molecule has 1 aliphatic heterocycles. The number of benzene rings is 2. The SMILES string of the molecule is COc1ccc(/C(C)=N\NC(=S)Nc2ccccc2C)cc1C[NH+]1CCOCC1. The van der Waals surface area contributed by atoms with Crippen LogP contribution in [0.1, 0.15) is 23.6 Å². The summed E-state index contributed by atoms with van der Waals surface area (Å²) in [6, 6.07) is 14.2. The van der Waals surface area contributed by atoms with E-state index in [4.69, 9.17) is 21.7 Å². The van der Waals surface area contributed by atoms with Crippen LogP contribution in [-0.4, -0.2) is 44.2 Å². The Labute approximate surface area is 177 Å². The van der Waals surface area contributed by atoms with E-state index >= 15 is 0 Å². The summed E-state index contributed by atoms with van der Waals surface area (Å²) >= 11 is 5.37. The van der Waals surface area contributed by atoms with Crippen LogP contribution in [0.3, 0.4) is 0 Å². The molecule has 1 saturated heterocycles. The fourth-order valence-electron chi connectivity index (χ4n) is 3.31. The summed E-state index contributed by atoms with van der Waals surface area (Å²) in [5, 5.41) is 8.10. The average molecular weight is 414 g/mol. The zero-order chi connectivity index (χ0) is 20.6. The van der Waals surface area contributed by atoms with Gasteiger partial charge in [0.1, 0.15) is 25.4 Å². The zero-order valence-corrected chi connectivity index (χ0v) is 18.1. The van der Waals surface area contributed by atoms with Crippen molar-refractivity contribution in [1.29, 1.82) is 0 Å². The van der Waals surface area contributed by atoms with E-state index in [1.54, 1.807) is 7.11 Å². The number of aryl methyl sites for hydroxylation is 1. The molecule has 1 fully saturated rings. The third-order valence-corrected chi connectivity index (χ3v) is 5.25. The molecule has 0 bridgehead atoms. The lowest BCUT2D eigenvalue weighted by Crippen LogP contribution is -3.12. The summed E-state index contributed by atoms with van der Waals surface area (Å²) in [5.41, 5.74) is 8.12. The summed E-state index contributed by atoms with van der Waals surface area (Å²) in [6.07, 6.45) is 0. The first kappa shape index (κ1) is 21.2. The van der Waals surface area contributed by atoms with Gasteiger partial charge < -0.3 is 19.7 Å². The van der Waals surface area contributed by atoms with Gasteiger partial charge in [0.2, 0.25) is 0 Å². The fourth-order valence-corrected chi connectivity index (χ4v) is 3.47. The molecule has 0 saturated carbocycles. The standard InChI is InChI=1S/C22H28N4O2S/c1-16-6-4-5-7-20(16)23-22(29)25-24-17(2)18-8-9-21(27-3)19(14-18)15-26-10-12-28-13-11-26/h4-9,14H,10-13,15H2,1-3H3,(H2,23,25,29)/p+1/b24-17-. The smallest absolute Gasteiger partial charge is 0.191 e. The molecule has 154 valence electrons. The molecule has 29 heavy (non-hydrogen) atoms. The Hall–Kier alpha value is -2.48. The third-order valence-electron chi connectivity index (χ3n) is 5.06. The molecule has 0 radical (unpaired) electrons. The Balaban J connectivity index is 1.67. The maximum Gasteiger partial charge on any atom is 0.191 e. The minimum absolute atomic E-state index is 0.463. The first-order valence-corrected chi connectivity index (χ1v) is 10.2. The highest BCUT2D eigenvalue weighted by Crippen LogP contribution is 2.20. The van der Waals surface area contributed by atoms with Crippen LogP contribution in [0.15, 0.2) is 47.6 Å². The topological polar surface area (TPSA) is 59.3 Å². The highest BCUT2D eigenvalue weighted by Gasteiger charge is 2.17. The summed E-state index contributed by atoms with van der Waals surface area (Å²) in [7, 11) is 1.71. The quantitative estimate of drug-likeness (QED) is 0.385. The third kappa shape index (κ3) is 6.00. The summed E-state index contributed by atoms with van der Waals surface area (Å²) < 4.78 is 11.0. The summed E-state index contributed by atoms with van der Waals surface area (Å²) in [4.78, 5) is 1.50. The second-order valence-electron chi connectivity index (χ2n) is 7.14. The maximum absolute atomic E-state index is 5.57. The molecular weight excluding hydrogens is 384 g/mol. The van der Waals surface area contributed by atoms with Crippen LogP contribution in [0.4, 0.5) is 5.69 Å². The monoisotopic (exact) mass is 413 g/mol. The molecule has 0 aromatic heterocycles. The molecule has 0 spiro atoms. The van der Waals surface area contributed by atoms with Gasteiger partial charge in [0.25, 0.3) is 0 Å². The first-order chi connectivity index (χ1) is 14.1. The van der Waals surface area contributed by atoms with Crippen molar-refractivity contribution in [3.05, 3.63) is 59.2 Å². The van der Waals surface area contributed by atoms with Crippen molar-refractivity contribution in [1.82, 2.24) is 5.43 Å². The van der Waals surface area contributed by atoms with Gasteiger partial charge >= 0.3 is 0 Å². The largest absolute Gasteiger partial charge is 0.496 e. The van der Waals surface area contributed by atoms with Crippen LogP contribution in [-0.2, 0) is 11.3 Å². The van der Waals surface area contributed by atoms with E-state index in [9.17, 15) is 0 Å². The predicted octanol–water partition coefficient (Wildman–Crippen LogP) is 2.13. The zero-order valence-electron chi connectivity index (χ0n) is 17.2. The van der Waals surface area contributed by atoms with Gasteiger partial charge in [0.15, 0.2) is 5.11 Å². The van der Waals surface area contributed by atoms with E-state index in [1.807, 2.05) is 50.2 Å². The van der Waals surface area contributed by atoms with Crippen LogP contribution in [0.25, 0.3) is 0 Å². The van der Waals surface area contributed by atoms with Crippen molar-refractivity contribution < 1.29 is 14.4 Å². The number of hydrogen-bond acceptors (Lipinski definition) is 4. The molecule has 0 unspecified atom stereocenters. The number of rotatable bonds is 6. The molecule has 2 aromatic rings. The molecule has 7 heteroatoms. The number of anilines is 1. The van der Waals surface area contributed by atoms with Crippen molar-refractivity contribution >= 4 is 28.7 Å². The van der Waals surface area contributed by atoms with Crippen molar-refractivity contribution in [2.24, 2.45) is 5.10 Å². The lowest BCUT2D eigenvalue weighted by atomic mass is 10.1. The van der Waals surface area contributed by atoms with Crippen LogP contribution >= 0.6 is 12.2 Å². The molecule has 0 amide bonds. The van der Waals surface area contributed by atoms with E-state index in [1.165, 1.54) is 10.5 Å². The summed E-state index contributed by atoms with van der Waals surface area (Å²) in [6.45, 7) is 8.57. The number of methoxy groups -OCH3 is 1. The molecule has 3 N–H and O–H groups in total. The van der Waals surface area contributed by atoms with E-state index in [-0.39, 0.29) is 0 Å². The lowest BCUT2D eigenvalue weighted by Gasteiger charge is -2.24. The van der Waals surface area contributed by atoms with E-state index in [0.29, 0.717) is 5.11 Å². The molecule has 1 aliphatic rings. The summed E-state index contributed by atoms with van der Waals surface area (Å²) in [5.74, 6) is 0.908. The van der Waals surface area contributed by atoms with Crippen LogP contribution in [0, 0.1) is 6.92 Å². The average Bonchev–Trinajstić information content (AvgIpc) is 2.74. The maximum atomic E-state index is 5.57. The number of ether oxygens (including phenoxy) is 2. The number of hydrogen-bond donors (Lipinski definition) is 3. The van der Waals surface area contributed by atoms with Gasteiger partial charge in [-0.05, 0) is 61.5 Å². The van der Waals surface area contributed by atoms with Gasteiger partial charge in [0, 0.05) is 11.3 Å². The van der Waals surface area contributed by atoms with Gasteiger partial charge in [-0.25, -0.2) is 0 Å². The fraction of sp³-hybridized carbons (Fsp3) is 0.364. The van der Waals surface area contributed by atoms with Crippen molar-refractivity contribution in [2.45, 2.75) is 20.4 Å². The Morgan fingerprint density at radius 2 is 1.97 bits per heavy atom. The Morgan fingerprint density at radius 1 is 1.21 bits per heavy atom. The molecule has 0 aliphatic carbocycles. The number of quaternary nitrogens is 1. The van der Waals surface area contributed by atoms with Gasteiger partial charge in [0.05, 0.1) is 26.0 Å². The van der Waals surface area contributed by atoms with E-state index in [2.05, 4.69) is 21.9 Å². The van der Waals surface area contributed by atoms with Crippen molar-refractivity contribution in [3.8, 4) is 5.75 Å². The molecule has 6 nitrogen and oxygen atoms in total. The second-order valence-corrected chi connectivity index (χ2v) is 7.55. The first-order valence-electron chi connectivity index (χ1n) is 9.82. The second kappa shape index (κ2) is 10.3. The number of para-hydroxylation sites is 1. The molecule has 3 rings (SSSR count). The Kier molecular flexibility index (Phi) is 7.57. The van der Waals surface area contributed by atoms with Crippen molar-refractivity contribution in [2.75, 3.05) is 38.7 Å². The number of hydrazone groups is 1. The minimum Gasteiger partial charge on any atom is -0.496 e. The van der Waals surface area contributed by atoms with E-state index < -0.39 is 0 Å². The number of thiocarbonyl (C=S) groups is 1. The van der Waals surface area contributed by atoms with Crippen LogP contribution in [0.2, 0.25) is 0 Å². The normalized spacial score (nSPS) is 15.1. The molecular formula is C22H29N4O2S+. The van der Waals surface area contributed by atoms with Gasteiger partial charge in [-0.15, -0.1) is 0 Å². The Morgan fingerprint density at radius 3 is 2.69 bits per heavy atom. The molecule has 1 heterocycles. The molecule has 0 atom stereocenters. The highest BCUT2D eigenvalue weighted by molar-refractivity contribution is 7.80. The minimum atomic E-state index is 0.463. The van der Waals surface area contributed by atoms with Crippen LogP contribution < -0.4 is 20.4 Å². The number of nitrogens with one attached hydrogen (secondary N) is 3. The molecule has 2 aromatic carbocycles. The number of nitrogens with zero attached hydrogens (tertiary/aromatic N) is 1. The van der Waals surface area contributed by atoms with E-state index in [0.717, 1.165) is 61.1 Å².